The van der Waals surface area contributed by atoms with E-state index in [0.717, 1.165) is 32.0 Å². The van der Waals surface area contributed by atoms with Gasteiger partial charge in [-0.15, -0.1) is 35.3 Å². The van der Waals surface area contributed by atoms with Crippen molar-refractivity contribution < 1.29 is 0 Å². The topological polar surface area (TPSA) is 36.4 Å². The lowest BCUT2D eigenvalue weighted by Crippen LogP contribution is -2.39. The molecule has 3 nitrogen and oxygen atoms in total. The van der Waals surface area contributed by atoms with Crippen LogP contribution >= 0.6 is 47.1 Å². The molecule has 20 heavy (non-hydrogen) atoms. The zero-order valence-electron chi connectivity index (χ0n) is 12.7. The fourth-order valence-corrected chi connectivity index (χ4v) is 2.34. The summed E-state index contributed by atoms with van der Waals surface area (Å²) in [5, 5.41) is 8.80. The molecule has 1 aromatic heterocycles. The minimum Gasteiger partial charge on any atom is -0.357 e. The van der Waals surface area contributed by atoms with Crippen LogP contribution in [-0.4, -0.2) is 36.6 Å². The second kappa shape index (κ2) is 10.7. The van der Waals surface area contributed by atoms with Crippen LogP contribution < -0.4 is 10.6 Å². The van der Waals surface area contributed by atoms with Gasteiger partial charge < -0.3 is 10.6 Å². The minimum atomic E-state index is 0. The van der Waals surface area contributed by atoms with Gasteiger partial charge in [0, 0.05) is 22.7 Å². The summed E-state index contributed by atoms with van der Waals surface area (Å²) in [6, 6.07) is 4.27. The zero-order valence-corrected chi connectivity index (χ0v) is 16.7. The highest BCUT2D eigenvalue weighted by Gasteiger charge is 2.15. The standard InChI is InChI=1S/C14H25N3S2.HI/c1-5-15-13(17-11-14(2,3)18-4)16-9-8-12-7-6-10-19-12;/h6-7,10H,5,8-9,11H2,1-4H3,(H2,15,16,17);1H. The van der Waals surface area contributed by atoms with Crippen LogP contribution in [0, 0.1) is 0 Å². The van der Waals surface area contributed by atoms with E-state index in [4.69, 9.17) is 0 Å². The molecule has 0 amide bonds. The second-order valence-corrected chi connectivity index (χ2v) is 7.46. The Morgan fingerprint density at radius 1 is 1.40 bits per heavy atom. The second-order valence-electron chi connectivity index (χ2n) is 4.92. The lowest BCUT2D eigenvalue weighted by atomic mass is 10.2. The van der Waals surface area contributed by atoms with E-state index < -0.39 is 0 Å². The van der Waals surface area contributed by atoms with Gasteiger partial charge >= 0.3 is 0 Å². The first-order valence-corrected chi connectivity index (χ1v) is 8.77. The van der Waals surface area contributed by atoms with Gasteiger partial charge in [0.15, 0.2) is 5.96 Å². The molecule has 1 aromatic rings. The Kier molecular flexibility index (Phi) is 10.8. The maximum absolute atomic E-state index is 4.65. The van der Waals surface area contributed by atoms with Crippen LogP contribution in [0.25, 0.3) is 0 Å². The fraction of sp³-hybridized carbons (Fsp3) is 0.643. The lowest BCUT2D eigenvalue weighted by molar-refractivity contribution is 0.710. The summed E-state index contributed by atoms with van der Waals surface area (Å²) in [5.41, 5.74) is 0. The van der Waals surface area contributed by atoms with Crippen LogP contribution in [0.3, 0.4) is 0 Å². The van der Waals surface area contributed by atoms with Crippen LogP contribution in [-0.2, 0) is 6.42 Å². The Bertz CT molecular complexity index is 378. The van der Waals surface area contributed by atoms with E-state index in [2.05, 4.69) is 60.2 Å². The first-order valence-electron chi connectivity index (χ1n) is 6.67. The highest BCUT2D eigenvalue weighted by molar-refractivity contribution is 14.0. The van der Waals surface area contributed by atoms with Crippen molar-refractivity contribution in [2.24, 2.45) is 4.99 Å². The average Bonchev–Trinajstić information content (AvgIpc) is 2.89. The molecule has 1 heterocycles. The van der Waals surface area contributed by atoms with Gasteiger partial charge in [-0.3, -0.25) is 4.99 Å². The Balaban J connectivity index is 0.00000361. The van der Waals surface area contributed by atoms with Gasteiger partial charge in [-0.2, -0.15) is 11.8 Å². The number of halogens is 1. The molecule has 0 unspecified atom stereocenters. The van der Waals surface area contributed by atoms with Crippen molar-refractivity contribution in [2.45, 2.75) is 31.9 Å². The Labute approximate surface area is 148 Å². The van der Waals surface area contributed by atoms with Gasteiger partial charge in [-0.25, -0.2) is 0 Å². The van der Waals surface area contributed by atoms with Crippen molar-refractivity contribution >= 4 is 53.0 Å². The molecule has 0 radical (unpaired) electrons. The number of guanidine groups is 1. The molecule has 0 aliphatic carbocycles. The van der Waals surface area contributed by atoms with Gasteiger partial charge in [0.2, 0.25) is 0 Å². The van der Waals surface area contributed by atoms with Gasteiger partial charge in [0.05, 0.1) is 6.54 Å². The average molecular weight is 427 g/mol. The van der Waals surface area contributed by atoms with E-state index in [0.29, 0.717) is 0 Å². The first-order chi connectivity index (χ1) is 9.07. The van der Waals surface area contributed by atoms with Crippen LogP contribution in [0.15, 0.2) is 22.5 Å². The van der Waals surface area contributed by atoms with Gasteiger partial charge in [0.1, 0.15) is 0 Å². The third-order valence-corrected chi connectivity index (χ3v) is 4.93. The molecule has 6 heteroatoms. The summed E-state index contributed by atoms with van der Waals surface area (Å²) >= 11 is 3.65. The number of nitrogens with zero attached hydrogens (tertiary/aromatic N) is 1. The van der Waals surface area contributed by atoms with Gasteiger partial charge in [-0.05, 0) is 44.9 Å². The van der Waals surface area contributed by atoms with Crippen molar-refractivity contribution in [1.82, 2.24) is 10.6 Å². The molecule has 0 atom stereocenters. The number of thiophene rings is 1. The molecule has 0 spiro atoms. The van der Waals surface area contributed by atoms with E-state index in [-0.39, 0.29) is 28.7 Å². The third kappa shape index (κ3) is 8.36. The molecule has 2 N–H and O–H groups in total. The maximum atomic E-state index is 4.65. The van der Waals surface area contributed by atoms with E-state index in [1.807, 2.05) is 11.8 Å². The van der Waals surface area contributed by atoms with Gasteiger partial charge in [-0.1, -0.05) is 6.07 Å². The maximum Gasteiger partial charge on any atom is 0.191 e. The summed E-state index contributed by atoms with van der Waals surface area (Å²) < 4.78 is 0.191. The summed E-state index contributed by atoms with van der Waals surface area (Å²) in [4.78, 5) is 6.06. The van der Waals surface area contributed by atoms with Crippen LogP contribution in [0.5, 0.6) is 0 Å². The number of rotatable bonds is 7. The zero-order chi connectivity index (χ0) is 14.1. The molecule has 1 rings (SSSR count). The first kappa shape index (κ1) is 20.1. The van der Waals surface area contributed by atoms with Crippen molar-refractivity contribution in [3.8, 4) is 0 Å². The van der Waals surface area contributed by atoms with Crippen molar-refractivity contribution in [3.05, 3.63) is 22.4 Å². The lowest BCUT2D eigenvalue weighted by Gasteiger charge is -2.20. The van der Waals surface area contributed by atoms with Crippen LogP contribution in [0.2, 0.25) is 0 Å². The van der Waals surface area contributed by atoms with E-state index in [1.54, 1.807) is 11.3 Å². The molecule has 0 bridgehead atoms. The normalized spacial score (nSPS) is 11.9. The van der Waals surface area contributed by atoms with Crippen molar-refractivity contribution in [2.75, 3.05) is 25.9 Å². The number of aliphatic imine (C=N–C) groups is 1. The van der Waals surface area contributed by atoms with Crippen LogP contribution in [0.1, 0.15) is 25.6 Å². The quantitative estimate of drug-likeness (QED) is 0.397. The Hall–Kier alpha value is 0.0500. The van der Waals surface area contributed by atoms with E-state index in [9.17, 15) is 0 Å². The number of thioether (sulfide) groups is 1. The van der Waals surface area contributed by atoms with Crippen molar-refractivity contribution in [1.29, 1.82) is 0 Å². The molecular formula is C14H26IN3S2. The molecule has 0 aliphatic rings. The highest BCUT2D eigenvalue weighted by atomic mass is 127. The number of hydrogen-bond donors (Lipinski definition) is 2. The predicted octanol–water partition coefficient (Wildman–Crippen LogP) is 3.61. The molecule has 0 aliphatic heterocycles. The van der Waals surface area contributed by atoms with Crippen LogP contribution in [0.4, 0.5) is 0 Å². The molecule has 116 valence electrons. The number of nitrogens with one attached hydrogen (secondary N) is 2. The summed E-state index contributed by atoms with van der Waals surface area (Å²) in [6.07, 6.45) is 3.18. The molecule has 0 saturated carbocycles. The predicted molar refractivity (Wildman–Crippen MR) is 105 cm³/mol. The molecule has 0 fully saturated rings. The van der Waals surface area contributed by atoms with E-state index >= 15 is 0 Å². The molecule has 0 aromatic carbocycles. The molecular weight excluding hydrogens is 401 g/mol. The Morgan fingerprint density at radius 3 is 2.70 bits per heavy atom. The molecule has 0 saturated heterocycles. The van der Waals surface area contributed by atoms with E-state index in [1.165, 1.54) is 4.88 Å². The summed E-state index contributed by atoms with van der Waals surface area (Å²) in [7, 11) is 0. The monoisotopic (exact) mass is 427 g/mol. The summed E-state index contributed by atoms with van der Waals surface area (Å²) in [6.45, 7) is 9.17. The fourth-order valence-electron chi connectivity index (χ4n) is 1.43. The van der Waals surface area contributed by atoms with Gasteiger partial charge in [0.25, 0.3) is 0 Å². The number of hydrogen-bond acceptors (Lipinski definition) is 3. The minimum absolute atomic E-state index is 0. The Morgan fingerprint density at radius 2 is 2.15 bits per heavy atom. The van der Waals surface area contributed by atoms with Crippen molar-refractivity contribution in [3.63, 3.8) is 0 Å². The third-order valence-electron chi connectivity index (χ3n) is 2.76. The summed E-state index contributed by atoms with van der Waals surface area (Å²) in [5.74, 6) is 0.918. The SMILES string of the molecule is CCNC(=NCC(C)(C)SC)NCCc1cccs1.I. The smallest absolute Gasteiger partial charge is 0.191 e. The largest absolute Gasteiger partial charge is 0.357 e. The highest BCUT2D eigenvalue weighted by Crippen LogP contribution is 2.20.